The number of thiophene rings is 2. The van der Waals surface area contributed by atoms with E-state index in [9.17, 15) is 4.79 Å². The van der Waals surface area contributed by atoms with Gasteiger partial charge in [-0.25, -0.2) is 9.97 Å². The van der Waals surface area contributed by atoms with Crippen molar-refractivity contribution in [2.24, 2.45) is 5.92 Å². The second-order valence-corrected chi connectivity index (χ2v) is 8.75. The molecule has 0 aliphatic carbocycles. The predicted octanol–water partition coefficient (Wildman–Crippen LogP) is 4.05. The summed E-state index contributed by atoms with van der Waals surface area (Å²) in [5.74, 6) is 0.943. The van der Waals surface area contributed by atoms with Crippen LogP contribution in [0.3, 0.4) is 0 Å². The normalized spacial score (nSPS) is 17.0. The average Bonchev–Trinajstić information content (AvgIpc) is 3.42. The molecule has 140 valence electrons. The third-order valence-electron chi connectivity index (χ3n) is 4.77. The second kappa shape index (κ2) is 8.63. The predicted molar refractivity (Wildman–Crippen MR) is 110 cm³/mol. The first-order chi connectivity index (χ1) is 13.3. The van der Waals surface area contributed by atoms with Crippen molar-refractivity contribution in [2.75, 3.05) is 18.0 Å². The average molecular weight is 399 g/mol. The summed E-state index contributed by atoms with van der Waals surface area (Å²) in [6.07, 6.45) is 5.43. The van der Waals surface area contributed by atoms with Gasteiger partial charge in [-0.3, -0.25) is 4.79 Å². The SMILES string of the molecule is O=C(C1CCCN(c2ncccn2)C1)N(Cc1cccs1)Cc1cccs1. The van der Waals surface area contributed by atoms with E-state index in [0.29, 0.717) is 19.6 Å². The van der Waals surface area contributed by atoms with Gasteiger partial charge in [-0.1, -0.05) is 12.1 Å². The maximum Gasteiger partial charge on any atom is 0.228 e. The van der Waals surface area contributed by atoms with Crippen LogP contribution in [0, 0.1) is 5.92 Å². The van der Waals surface area contributed by atoms with Crippen LogP contribution in [0.5, 0.6) is 0 Å². The Morgan fingerprint density at radius 1 is 1.07 bits per heavy atom. The highest BCUT2D eigenvalue weighted by Gasteiger charge is 2.30. The van der Waals surface area contributed by atoms with Crippen molar-refractivity contribution in [3.05, 3.63) is 63.2 Å². The molecule has 1 amide bonds. The lowest BCUT2D eigenvalue weighted by Gasteiger charge is -2.34. The molecule has 0 radical (unpaired) electrons. The molecule has 5 nitrogen and oxygen atoms in total. The molecule has 0 N–H and O–H groups in total. The van der Waals surface area contributed by atoms with E-state index < -0.39 is 0 Å². The van der Waals surface area contributed by atoms with Crippen molar-refractivity contribution in [1.82, 2.24) is 14.9 Å². The van der Waals surface area contributed by atoms with Crippen LogP contribution in [0.25, 0.3) is 0 Å². The zero-order valence-corrected chi connectivity index (χ0v) is 16.7. The lowest BCUT2D eigenvalue weighted by molar-refractivity contribution is -0.137. The Morgan fingerprint density at radius 3 is 2.33 bits per heavy atom. The number of carbonyl (C=O) groups excluding carboxylic acids is 1. The molecule has 27 heavy (non-hydrogen) atoms. The van der Waals surface area contributed by atoms with Crippen molar-refractivity contribution >= 4 is 34.5 Å². The highest BCUT2D eigenvalue weighted by molar-refractivity contribution is 7.10. The quantitative estimate of drug-likeness (QED) is 0.629. The smallest absolute Gasteiger partial charge is 0.228 e. The van der Waals surface area contributed by atoms with E-state index in [1.165, 1.54) is 9.75 Å². The molecule has 0 spiro atoms. The van der Waals surface area contributed by atoms with Crippen LogP contribution >= 0.6 is 22.7 Å². The highest BCUT2D eigenvalue weighted by atomic mass is 32.1. The van der Waals surface area contributed by atoms with Crippen LogP contribution in [0.2, 0.25) is 0 Å². The van der Waals surface area contributed by atoms with Crippen molar-refractivity contribution in [3.8, 4) is 0 Å². The van der Waals surface area contributed by atoms with Crippen LogP contribution in [0.15, 0.2) is 53.5 Å². The fourth-order valence-corrected chi connectivity index (χ4v) is 4.91. The standard InChI is InChI=1S/C20H22N4OS2/c25-19(16-5-1-10-23(13-16)20-21-8-4-9-22-20)24(14-17-6-2-11-26-17)15-18-7-3-12-27-18/h2-4,6-9,11-12,16H,1,5,10,13-15H2. The monoisotopic (exact) mass is 398 g/mol. The minimum atomic E-state index is -0.0116. The third kappa shape index (κ3) is 4.54. The van der Waals surface area contributed by atoms with Gasteiger partial charge >= 0.3 is 0 Å². The second-order valence-electron chi connectivity index (χ2n) is 6.69. The van der Waals surface area contributed by atoms with Gasteiger partial charge in [-0.05, 0) is 41.8 Å². The number of hydrogen-bond acceptors (Lipinski definition) is 6. The summed E-state index contributed by atoms with van der Waals surface area (Å²) in [7, 11) is 0. The van der Waals surface area contributed by atoms with Gasteiger partial charge in [0.05, 0.1) is 19.0 Å². The minimum Gasteiger partial charge on any atom is -0.340 e. The van der Waals surface area contributed by atoms with E-state index >= 15 is 0 Å². The van der Waals surface area contributed by atoms with Gasteiger partial charge in [0.15, 0.2) is 0 Å². The lowest BCUT2D eigenvalue weighted by Crippen LogP contribution is -2.44. The van der Waals surface area contributed by atoms with E-state index in [1.54, 1.807) is 35.1 Å². The van der Waals surface area contributed by atoms with E-state index in [1.807, 2.05) is 23.1 Å². The molecule has 0 saturated carbocycles. The molecule has 7 heteroatoms. The van der Waals surface area contributed by atoms with Gasteiger partial charge in [-0.15, -0.1) is 22.7 Å². The number of nitrogens with zero attached hydrogens (tertiary/aromatic N) is 4. The van der Waals surface area contributed by atoms with Gasteiger partial charge in [-0.2, -0.15) is 0 Å². The molecular weight excluding hydrogens is 376 g/mol. The lowest BCUT2D eigenvalue weighted by atomic mass is 9.96. The Balaban J connectivity index is 1.49. The fraction of sp³-hybridized carbons (Fsp3) is 0.350. The zero-order chi connectivity index (χ0) is 18.5. The summed E-state index contributed by atoms with van der Waals surface area (Å²) in [6.45, 7) is 2.94. The summed E-state index contributed by atoms with van der Waals surface area (Å²) < 4.78 is 0. The number of rotatable bonds is 6. The number of hydrogen-bond donors (Lipinski definition) is 0. The fourth-order valence-electron chi connectivity index (χ4n) is 3.47. The number of piperidine rings is 1. The van der Waals surface area contributed by atoms with Crippen LogP contribution in [-0.2, 0) is 17.9 Å². The summed E-state index contributed by atoms with van der Waals surface area (Å²) in [4.78, 5) is 28.7. The molecule has 4 heterocycles. The molecule has 3 aromatic rings. The van der Waals surface area contributed by atoms with Gasteiger partial charge in [0, 0.05) is 35.2 Å². The van der Waals surface area contributed by atoms with E-state index in [0.717, 1.165) is 25.3 Å². The summed E-state index contributed by atoms with van der Waals surface area (Å²) >= 11 is 3.41. The topological polar surface area (TPSA) is 49.3 Å². The largest absolute Gasteiger partial charge is 0.340 e. The molecule has 1 saturated heterocycles. The van der Waals surface area contributed by atoms with Gasteiger partial charge < -0.3 is 9.80 Å². The summed E-state index contributed by atoms with van der Waals surface area (Å²) in [6, 6.07) is 10.1. The Morgan fingerprint density at radius 2 is 1.74 bits per heavy atom. The Labute approximate surface area is 167 Å². The summed E-state index contributed by atoms with van der Waals surface area (Å²) in [5, 5.41) is 4.14. The highest BCUT2D eigenvalue weighted by Crippen LogP contribution is 2.25. The first-order valence-corrected chi connectivity index (χ1v) is 10.9. The van der Waals surface area contributed by atoms with Crippen LogP contribution in [0.4, 0.5) is 5.95 Å². The van der Waals surface area contributed by atoms with E-state index in [-0.39, 0.29) is 11.8 Å². The maximum absolute atomic E-state index is 13.4. The zero-order valence-electron chi connectivity index (χ0n) is 15.0. The van der Waals surface area contributed by atoms with Crippen molar-refractivity contribution < 1.29 is 4.79 Å². The summed E-state index contributed by atoms with van der Waals surface area (Å²) in [5.41, 5.74) is 0. The van der Waals surface area contributed by atoms with Crippen LogP contribution in [-0.4, -0.2) is 33.9 Å². The van der Waals surface area contributed by atoms with Gasteiger partial charge in [0.25, 0.3) is 0 Å². The van der Waals surface area contributed by atoms with Crippen LogP contribution in [0.1, 0.15) is 22.6 Å². The Kier molecular flexibility index (Phi) is 5.79. The first kappa shape index (κ1) is 18.1. The van der Waals surface area contributed by atoms with E-state index in [4.69, 9.17) is 0 Å². The molecular formula is C20H22N4OS2. The minimum absolute atomic E-state index is 0.0116. The maximum atomic E-state index is 13.4. The number of amides is 1. The molecule has 0 bridgehead atoms. The van der Waals surface area contributed by atoms with Gasteiger partial charge in [0.1, 0.15) is 0 Å². The third-order valence-corrected chi connectivity index (χ3v) is 6.49. The molecule has 4 rings (SSSR count). The number of aromatic nitrogens is 2. The molecule has 1 unspecified atom stereocenters. The van der Waals surface area contributed by atoms with E-state index in [2.05, 4.69) is 37.8 Å². The molecule has 0 aromatic carbocycles. The van der Waals surface area contributed by atoms with Crippen molar-refractivity contribution in [1.29, 1.82) is 0 Å². The number of carbonyl (C=O) groups is 1. The Hall–Kier alpha value is -2.25. The molecule has 1 atom stereocenters. The Bertz CT molecular complexity index is 800. The molecule has 1 aliphatic rings. The number of anilines is 1. The first-order valence-electron chi connectivity index (χ1n) is 9.15. The van der Waals surface area contributed by atoms with Crippen molar-refractivity contribution in [2.45, 2.75) is 25.9 Å². The molecule has 1 fully saturated rings. The van der Waals surface area contributed by atoms with Crippen molar-refractivity contribution in [3.63, 3.8) is 0 Å². The molecule has 1 aliphatic heterocycles. The van der Waals surface area contributed by atoms with Crippen LogP contribution < -0.4 is 4.90 Å². The molecule has 3 aromatic heterocycles. The van der Waals surface area contributed by atoms with Gasteiger partial charge in [0.2, 0.25) is 11.9 Å².